The number of imidazole rings is 1. The number of amides is 2. The molecule has 0 atom stereocenters. The molecule has 7 nitrogen and oxygen atoms in total. The monoisotopic (exact) mass is 460 g/mol. The Morgan fingerprint density at radius 1 is 1.03 bits per heavy atom. The number of carbonyl (C=O) groups excluding carboxylic acids is 2. The van der Waals surface area contributed by atoms with Crippen LogP contribution in [0.4, 0.5) is 0 Å². The first-order valence-electron chi connectivity index (χ1n) is 10.2. The fourth-order valence-electron chi connectivity index (χ4n) is 3.21. The highest BCUT2D eigenvalue weighted by Crippen LogP contribution is 2.17. The van der Waals surface area contributed by atoms with E-state index in [1.165, 1.54) is 0 Å². The van der Waals surface area contributed by atoms with Crippen molar-refractivity contribution >= 4 is 40.5 Å². The van der Waals surface area contributed by atoms with Crippen LogP contribution in [0.5, 0.6) is 5.75 Å². The maximum atomic E-state index is 13.0. The van der Waals surface area contributed by atoms with Crippen molar-refractivity contribution in [3.05, 3.63) is 100 Å². The number of carbonyl (C=O) groups is 2. The minimum atomic E-state index is -0.487. The highest BCUT2D eigenvalue weighted by atomic mass is 35.5. The average Bonchev–Trinajstić information content (AvgIpc) is 3.26. The van der Waals surface area contributed by atoms with Gasteiger partial charge in [-0.25, -0.2) is 4.98 Å². The number of fused-ring (bicyclic) bond motifs is 1. The first-order valence-corrected chi connectivity index (χ1v) is 10.5. The zero-order valence-electron chi connectivity index (χ0n) is 17.8. The molecule has 166 valence electrons. The van der Waals surface area contributed by atoms with Crippen LogP contribution in [0, 0.1) is 0 Å². The van der Waals surface area contributed by atoms with Gasteiger partial charge in [0.15, 0.2) is 0 Å². The van der Waals surface area contributed by atoms with E-state index in [0.717, 1.165) is 11.0 Å². The van der Waals surface area contributed by atoms with Crippen LogP contribution in [-0.2, 0) is 11.3 Å². The SMILES string of the molecule is COc1ccc(C=C(NC(=O)c2ccccc2Cl)C(=O)NCc2nc3ccccc3[nH]2)cc1. The van der Waals surface area contributed by atoms with Crippen LogP contribution in [-0.4, -0.2) is 28.9 Å². The molecule has 8 heteroatoms. The summed E-state index contributed by atoms with van der Waals surface area (Å²) in [4.78, 5) is 33.4. The second-order valence-electron chi connectivity index (χ2n) is 7.15. The number of ether oxygens (including phenoxy) is 1. The Labute approximate surface area is 195 Å². The molecule has 33 heavy (non-hydrogen) atoms. The Morgan fingerprint density at radius 3 is 2.48 bits per heavy atom. The highest BCUT2D eigenvalue weighted by Gasteiger charge is 2.17. The molecule has 3 aromatic carbocycles. The maximum Gasteiger partial charge on any atom is 0.268 e. The molecule has 0 saturated heterocycles. The molecule has 0 unspecified atom stereocenters. The Bertz CT molecular complexity index is 1300. The third kappa shape index (κ3) is 5.39. The van der Waals surface area contributed by atoms with Crippen molar-refractivity contribution in [2.75, 3.05) is 7.11 Å². The van der Waals surface area contributed by atoms with Crippen molar-refractivity contribution in [3.8, 4) is 5.75 Å². The van der Waals surface area contributed by atoms with E-state index in [1.807, 2.05) is 24.3 Å². The number of aromatic nitrogens is 2. The topological polar surface area (TPSA) is 96.1 Å². The molecule has 4 aromatic rings. The molecule has 1 aromatic heterocycles. The van der Waals surface area contributed by atoms with E-state index < -0.39 is 11.8 Å². The second-order valence-corrected chi connectivity index (χ2v) is 7.56. The molecule has 0 aliphatic carbocycles. The van der Waals surface area contributed by atoms with Crippen molar-refractivity contribution in [3.63, 3.8) is 0 Å². The van der Waals surface area contributed by atoms with Gasteiger partial charge >= 0.3 is 0 Å². The summed E-state index contributed by atoms with van der Waals surface area (Å²) in [7, 11) is 1.58. The Morgan fingerprint density at radius 2 is 1.76 bits per heavy atom. The summed E-state index contributed by atoms with van der Waals surface area (Å²) in [6.07, 6.45) is 1.59. The number of hydrogen-bond donors (Lipinski definition) is 3. The van der Waals surface area contributed by atoms with Gasteiger partial charge in [-0.2, -0.15) is 0 Å². The van der Waals surface area contributed by atoms with Crippen molar-refractivity contribution < 1.29 is 14.3 Å². The third-order valence-corrected chi connectivity index (χ3v) is 5.22. The number of nitrogens with zero attached hydrogens (tertiary/aromatic N) is 1. The van der Waals surface area contributed by atoms with Gasteiger partial charge in [-0.05, 0) is 48.0 Å². The first-order chi connectivity index (χ1) is 16.0. The van der Waals surface area contributed by atoms with Gasteiger partial charge in [0, 0.05) is 0 Å². The van der Waals surface area contributed by atoms with Gasteiger partial charge in [-0.1, -0.05) is 48.0 Å². The van der Waals surface area contributed by atoms with E-state index in [-0.39, 0.29) is 17.8 Å². The second kappa shape index (κ2) is 10.0. The van der Waals surface area contributed by atoms with E-state index in [2.05, 4.69) is 20.6 Å². The molecule has 2 amide bonds. The van der Waals surface area contributed by atoms with Crippen LogP contribution in [0.1, 0.15) is 21.7 Å². The molecular formula is C25H21ClN4O3. The van der Waals surface area contributed by atoms with E-state index in [4.69, 9.17) is 16.3 Å². The molecule has 0 bridgehead atoms. The molecule has 0 aliphatic heterocycles. The van der Waals surface area contributed by atoms with Gasteiger partial charge in [0.05, 0.1) is 35.3 Å². The summed E-state index contributed by atoms with van der Waals surface area (Å²) in [5.74, 6) is 0.333. The standard InChI is InChI=1S/C25H21ClN4O3/c1-33-17-12-10-16(11-13-17)14-22(30-24(31)18-6-2-3-7-19(18)26)25(32)27-15-23-28-20-8-4-5-9-21(20)29-23/h2-14H,15H2,1H3,(H,27,32)(H,28,29)(H,30,31). The molecule has 0 saturated carbocycles. The zero-order valence-corrected chi connectivity index (χ0v) is 18.5. The number of hydrogen-bond acceptors (Lipinski definition) is 4. The third-order valence-electron chi connectivity index (χ3n) is 4.89. The highest BCUT2D eigenvalue weighted by molar-refractivity contribution is 6.34. The maximum absolute atomic E-state index is 13.0. The lowest BCUT2D eigenvalue weighted by atomic mass is 10.1. The van der Waals surface area contributed by atoms with Gasteiger partial charge in [0.2, 0.25) is 0 Å². The van der Waals surface area contributed by atoms with Crippen LogP contribution in [0.3, 0.4) is 0 Å². The lowest BCUT2D eigenvalue weighted by Gasteiger charge is -2.11. The van der Waals surface area contributed by atoms with E-state index in [0.29, 0.717) is 22.2 Å². The molecule has 0 spiro atoms. The normalized spacial score (nSPS) is 11.3. The Balaban J connectivity index is 1.56. The zero-order chi connectivity index (χ0) is 23.2. The minimum absolute atomic E-state index is 0.0706. The summed E-state index contributed by atoms with van der Waals surface area (Å²) in [5.41, 5.74) is 2.74. The van der Waals surface area contributed by atoms with Crippen LogP contribution in [0.2, 0.25) is 5.02 Å². The lowest BCUT2D eigenvalue weighted by Crippen LogP contribution is -2.34. The van der Waals surface area contributed by atoms with Gasteiger partial charge in [-0.3, -0.25) is 9.59 Å². The van der Waals surface area contributed by atoms with Crippen LogP contribution >= 0.6 is 11.6 Å². The number of nitrogens with one attached hydrogen (secondary N) is 3. The van der Waals surface area contributed by atoms with Crippen LogP contribution < -0.4 is 15.4 Å². The van der Waals surface area contributed by atoms with Crippen molar-refractivity contribution in [2.45, 2.75) is 6.54 Å². The number of halogens is 1. The summed E-state index contributed by atoms with van der Waals surface area (Å²) in [6.45, 7) is 0.162. The number of methoxy groups -OCH3 is 1. The Kier molecular flexibility index (Phi) is 6.71. The largest absolute Gasteiger partial charge is 0.497 e. The summed E-state index contributed by atoms with van der Waals surface area (Å²) in [6, 6.07) is 21.3. The Hall–Kier alpha value is -4.10. The fourth-order valence-corrected chi connectivity index (χ4v) is 3.43. The minimum Gasteiger partial charge on any atom is -0.497 e. The predicted molar refractivity (Wildman–Crippen MR) is 128 cm³/mol. The predicted octanol–water partition coefficient (Wildman–Crippen LogP) is 4.31. The average molecular weight is 461 g/mol. The van der Waals surface area contributed by atoms with Gasteiger partial charge in [0.1, 0.15) is 17.3 Å². The molecule has 3 N–H and O–H groups in total. The molecule has 0 radical (unpaired) electrons. The van der Waals surface area contributed by atoms with Gasteiger partial charge in [-0.15, -0.1) is 0 Å². The number of H-pyrrole nitrogens is 1. The van der Waals surface area contributed by atoms with Crippen LogP contribution in [0.25, 0.3) is 17.1 Å². The summed E-state index contributed by atoms with van der Waals surface area (Å²) in [5, 5.41) is 5.77. The number of benzene rings is 3. The summed E-state index contributed by atoms with van der Waals surface area (Å²) >= 11 is 6.15. The number of rotatable bonds is 7. The molecule has 0 fully saturated rings. The number of aromatic amines is 1. The quantitative estimate of drug-likeness (QED) is 0.358. The molecular weight excluding hydrogens is 440 g/mol. The van der Waals surface area contributed by atoms with Crippen molar-refractivity contribution in [1.29, 1.82) is 0 Å². The van der Waals surface area contributed by atoms with Crippen molar-refractivity contribution in [1.82, 2.24) is 20.6 Å². The van der Waals surface area contributed by atoms with E-state index in [9.17, 15) is 9.59 Å². The van der Waals surface area contributed by atoms with Crippen LogP contribution in [0.15, 0.2) is 78.5 Å². The molecule has 1 heterocycles. The van der Waals surface area contributed by atoms with E-state index in [1.54, 1.807) is 61.7 Å². The first kappa shape index (κ1) is 22.1. The molecule has 0 aliphatic rings. The van der Waals surface area contributed by atoms with Crippen molar-refractivity contribution in [2.24, 2.45) is 0 Å². The smallest absolute Gasteiger partial charge is 0.268 e. The fraction of sp³-hybridized carbons (Fsp3) is 0.0800. The van der Waals surface area contributed by atoms with Gasteiger partial charge < -0.3 is 20.4 Å². The van der Waals surface area contributed by atoms with Gasteiger partial charge in [0.25, 0.3) is 11.8 Å². The lowest BCUT2D eigenvalue weighted by molar-refractivity contribution is -0.117. The molecule has 4 rings (SSSR count). The number of para-hydroxylation sites is 2. The van der Waals surface area contributed by atoms with E-state index >= 15 is 0 Å². The summed E-state index contributed by atoms with van der Waals surface area (Å²) < 4.78 is 5.17.